The highest BCUT2D eigenvalue weighted by Crippen LogP contribution is 2.15. The minimum Gasteiger partial charge on any atom is -0.480 e. The molecule has 0 aliphatic rings. The normalized spacial score (nSPS) is 16.8. The minimum absolute atomic E-state index is 0.0718. The summed E-state index contributed by atoms with van der Waals surface area (Å²) in [5, 5.41) is 16.8. The molecule has 0 saturated heterocycles. The highest BCUT2D eigenvalue weighted by molar-refractivity contribution is 9.10. The van der Waals surface area contributed by atoms with Gasteiger partial charge in [0.1, 0.15) is 10.9 Å². The van der Waals surface area contributed by atoms with Crippen molar-refractivity contribution in [2.45, 2.75) is 51.4 Å². The van der Waals surface area contributed by atoms with E-state index < -0.39 is 18.0 Å². The average molecular weight is 326 g/mol. The van der Waals surface area contributed by atoms with Crippen LogP contribution in [0.15, 0.2) is 0 Å². The van der Waals surface area contributed by atoms with E-state index >= 15 is 0 Å². The Labute approximate surface area is 117 Å². The number of hydrogen-bond acceptors (Lipinski definition) is 3. The quantitative estimate of drug-likeness (QED) is 0.650. The molecule has 0 amide bonds. The van der Waals surface area contributed by atoms with Crippen molar-refractivity contribution in [3.63, 3.8) is 0 Å². The molecular formula is C12H24BrNO4. The number of carbonyl (C=O) groups is 2. The second-order valence-corrected chi connectivity index (χ2v) is 5.36. The van der Waals surface area contributed by atoms with Gasteiger partial charge in [0.05, 0.1) is 0 Å². The number of alkyl halides is 1. The summed E-state index contributed by atoms with van der Waals surface area (Å²) in [7, 11) is 0. The first-order valence-corrected chi connectivity index (χ1v) is 6.95. The summed E-state index contributed by atoms with van der Waals surface area (Å²) in [6, 6.07) is -0.699. The Morgan fingerprint density at radius 2 is 1.44 bits per heavy atom. The summed E-state index contributed by atoms with van der Waals surface area (Å²) >= 11 is 3.07. The molecular weight excluding hydrogens is 302 g/mol. The Morgan fingerprint density at radius 3 is 1.56 bits per heavy atom. The number of halogens is 1. The Hall–Kier alpha value is -0.620. The zero-order valence-corrected chi connectivity index (χ0v) is 13.0. The van der Waals surface area contributed by atoms with Crippen LogP contribution in [-0.4, -0.2) is 33.0 Å². The van der Waals surface area contributed by atoms with Gasteiger partial charge in [0, 0.05) is 0 Å². The topological polar surface area (TPSA) is 101 Å². The van der Waals surface area contributed by atoms with Crippen molar-refractivity contribution in [1.29, 1.82) is 0 Å². The third kappa shape index (κ3) is 8.47. The Balaban J connectivity index is 0. The molecule has 5 nitrogen and oxygen atoms in total. The van der Waals surface area contributed by atoms with Crippen LogP contribution in [-0.2, 0) is 9.59 Å². The van der Waals surface area contributed by atoms with E-state index in [1.165, 1.54) is 0 Å². The smallest absolute Gasteiger partial charge is 0.320 e. The molecule has 0 bridgehead atoms. The van der Waals surface area contributed by atoms with Gasteiger partial charge in [-0.2, -0.15) is 0 Å². The van der Waals surface area contributed by atoms with Crippen molar-refractivity contribution in [1.82, 2.24) is 0 Å². The van der Waals surface area contributed by atoms with Crippen LogP contribution in [0, 0.1) is 11.8 Å². The van der Waals surface area contributed by atoms with Gasteiger partial charge in [0.2, 0.25) is 0 Å². The Morgan fingerprint density at radius 1 is 1.06 bits per heavy atom. The predicted octanol–water partition coefficient (Wildman–Crippen LogP) is 2.32. The summed E-state index contributed by atoms with van der Waals surface area (Å²) in [5.41, 5.74) is 5.27. The Kier molecular flexibility index (Phi) is 11.3. The van der Waals surface area contributed by atoms with Crippen molar-refractivity contribution in [2.75, 3.05) is 0 Å². The van der Waals surface area contributed by atoms with Gasteiger partial charge < -0.3 is 15.9 Å². The molecule has 0 spiro atoms. The van der Waals surface area contributed by atoms with Crippen LogP contribution in [0.1, 0.15) is 40.5 Å². The van der Waals surface area contributed by atoms with E-state index in [0.717, 1.165) is 12.8 Å². The fourth-order valence-electron chi connectivity index (χ4n) is 0.948. The van der Waals surface area contributed by atoms with E-state index in [0.29, 0.717) is 0 Å². The van der Waals surface area contributed by atoms with Crippen molar-refractivity contribution in [2.24, 2.45) is 17.6 Å². The zero-order valence-electron chi connectivity index (χ0n) is 11.4. The lowest BCUT2D eigenvalue weighted by Crippen LogP contribution is -2.36. The van der Waals surface area contributed by atoms with Crippen LogP contribution in [0.3, 0.4) is 0 Å². The van der Waals surface area contributed by atoms with Gasteiger partial charge in [-0.25, -0.2) is 0 Å². The van der Waals surface area contributed by atoms with E-state index in [4.69, 9.17) is 15.9 Å². The minimum atomic E-state index is -0.913. The SMILES string of the molecule is CC[C@H](C)[C@@H](Br)C(=O)O.CC[C@H](C)[C@@H](N)C(=O)O. The van der Waals surface area contributed by atoms with Crippen LogP contribution < -0.4 is 5.73 Å². The summed E-state index contributed by atoms with van der Waals surface area (Å²) < 4.78 is 0. The zero-order chi connectivity index (χ0) is 14.9. The molecule has 0 unspecified atom stereocenters. The summed E-state index contributed by atoms with van der Waals surface area (Å²) in [4.78, 5) is 20.0. The Bertz CT molecular complexity index is 234. The largest absolute Gasteiger partial charge is 0.480 e. The van der Waals surface area contributed by atoms with Crippen molar-refractivity contribution >= 4 is 27.9 Å². The first-order valence-electron chi connectivity index (χ1n) is 6.04. The van der Waals surface area contributed by atoms with Crippen molar-refractivity contribution in [3.8, 4) is 0 Å². The number of nitrogens with two attached hydrogens (primary N) is 1. The summed E-state index contributed by atoms with van der Waals surface area (Å²) in [6.07, 6.45) is 1.70. The maximum Gasteiger partial charge on any atom is 0.320 e. The lowest BCUT2D eigenvalue weighted by molar-refractivity contribution is -0.140. The molecule has 0 saturated carbocycles. The molecule has 0 aromatic carbocycles. The van der Waals surface area contributed by atoms with Gasteiger partial charge >= 0.3 is 11.9 Å². The van der Waals surface area contributed by atoms with Crippen LogP contribution >= 0.6 is 15.9 Å². The average Bonchev–Trinajstić information content (AvgIpc) is 2.35. The van der Waals surface area contributed by atoms with E-state index in [1.54, 1.807) is 0 Å². The lowest BCUT2D eigenvalue weighted by Gasteiger charge is -2.11. The number of carboxylic acids is 2. The molecule has 0 rings (SSSR count). The van der Waals surface area contributed by atoms with Gasteiger partial charge in [-0.1, -0.05) is 56.5 Å². The number of carboxylic acid groups (broad SMARTS) is 2. The lowest BCUT2D eigenvalue weighted by atomic mass is 10.0. The monoisotopic (exact) mass is 325 g/mol. The van der Waals surface area contributed by atoms with Gasteiger partial charge in [0.25, 0.3) is 0 Å². The van der Waals surface area contributed by atoms with Gasteiger partial charge in [0.15, 0.2) is 0 Å². The maximum atomic E-state index is 10.3. The fourth-order valence-corrected chi connectivity index (χ4v) is 1.32. The summed E-state index contributed by atoms with van der Waals surface area (Å²) in [5.74, 6) is -1.40. The van der Waals surface area contributed by atoms with E-state index in [9.17, 15) is 9.59 Å². The molecule has 0 aromatic rings. The highest BCUT2D eigenvalue weighted by Gasteiger charge is 2.18. The highest BCUT2D eigenvalue weighted by atomic mass is 79.9. The van der Waals surface area contributed by atoms with Gasteiger partial charge in [-0.05, 0) is 11.8 Å². The summed E-state index contributed by atoms with van der Waals surface area (Å²) in [6.45, 7) is 7.64. The molecule has 108 valence electrons. The third-order valence-corrected chi connectivity index (χ3v) is 4.22. The fraction of sp³-hybridized carbons (Fsp3) is 0.833. The van der Waals surface area contributed by atoms with Crippen molar-refractivity contribution < 1.29 is 19.8 Å². The first kappa shape index (κ1) is 19.7. The van der Waals surface area contributed by atoms with Crippen molar-refractivity contribution in [3.05, 3.63) is 0 Å². The van der Waals surface area contributed by atoms with Gasteiger partial charge in [-0.3, -0.25) is 9.59 Å². The van der Waals surface area contributed by atoms with Crippen LogP contribution in [0.25, 0.3) is 0 Å². The molecule has 0 aromatic heterocycles. The molecule has 0 heterocycles. The standard InChI is InChI=1S/C6H11BrO2.C6H13NO2/c2*1-3-4(2)5(7)6(8)9/h4-5H,3H2,1-2H3,(H,8,9);4-5H,3,7H2,1-2H3,(H,8,9)/t2*4-,5+/m00/s1. The molecule has 0 radical (unpaired) electrons. The molecule has 0 fully saturated rings. The number of rotatable bonds is 6. The van der Waals surface area contributed by atoms with Crippen LogP contribution in [0.5, 0.6) is 0 Å². The number of hydrogen-bond donors (Lipinski definition) is 3. The molecule has 4 N–H and O–H groups in total. The first-order chi connectivity index (χ1) is 8.18. The number of aliphatic carboxylic acids is 2. The van der Waals surface area contributed by atoms with E-state index in [-0.39, 0.29) is 16.7 Å². The second kappa shape index (κ2) is 10.3. The van der Waals surface area contributed by atoms with Gasteiger partial charge in [-0.15, -0.1) is 0 Å². The molecule has 4 atom stereocenters. The third-order valence-electron chi connectivity index (χ3n) is 2.92. The van der Waals surface area contributed by atoms with E-state index in [2.05, 4.69) is 15.9 Å². The van der Waals surface area contributed by atoms with E-state index in [1.807, 2.05) is 27.7 Å². The second-order valence-electron chi connectivity index (χ2n) is 4.38. The maximum absolute atomic E-state index is 10.3. The molecule has 18 heavy (non-hydrogen) atoms. The predicted molar refractivity (Wildman–Crippen MR) is 74.9 cm³/mol. The van der Waals surface area contributed by atoms with Crippen LogP contribution in [0.2, 0.25) is 0 Å². The van der Waals surface area contributed by atoms with Crippen LogP contribution in [0.4, 0.5) is 0 Å². The molecule has 0 aliphatic heterocycles. The molecule has 6 heteroatoms. The molecule has 0 aliphatic carbocycles.